The number of carbonyl (C=O) groups is 1. The number of carbonyl (C=O) groups excluding carboxylic acids is 1. The van der Waals surface area contributed by atoms with Crippen LogP contribution in [0.5, 0.6) is 0 Å². The standard InChI is InChI=1S/C21H24F3N5O/c1-12(2)8-17(15-6-5-7-16(10-15)21(22,23)24)26-19(30)11-18-27-20-25-13(3)9-14(4)29(20)28-18/h5-7,9-10,12,17H,8,11H2,1-4H3,(H,26,30). The summed E-state index contributed by atoms with van der Waals surface area (Å²) in [7, 11) is 0. The number of fused-ring (bicyclic) bond motifs is 1. The lowest BCUT2D eigenvalue weighted by atomic mass is 9.95. The number of nitrogens with zero attached hydrogens (tertiary/aromatic N) is 4. The number of halogens is 3. The normalized spacial score (nSPS) is 13.1. The molecule has 0 aliphatic heterocycles. The van der Waals surface area contributed by atoms with E-state index in [-0.39, 0.29) is 18.2 Å². The van der Waals surface area contributed by atoms with Gasteiger partial charge in [-0.3, -0.25) is 4.79 Å². The summed E-state index contributed by atoms with van der Waals surface area (Å²) >= 11 is 0. The third-order valence-electron chi connectivity index (χ3n) is 4.64. The van der Waals surface area contributed by atoms with Crippen LogP contribution in [0.25, 0.3) is 5.78 Å². The quantitative estimate of drug-likeness (QED) is 0.650. The van der Waals surface area contributed by atoms with Crippen molar-refractivity contribution < 1.29 is 18.0 Å². The molecular formula is C21H24F3N5O. The first kappa shape index (κ1) is 21.7. The highest BCUT2D eigenvalue weighted by molar-refractivity contribution is 5.78. The molecule has 6 nitrogen and oxygen atoms in total. The minimum Gasteiger partial charge on any atom is -0.349 e. The molecule has 0 bridgehead atoms. The van der Waals surface area contributed by atoms with Gasteiger partial charge in [-0.1, -0.05) is 26.0 Å². The van der Waals surface area contributed by atoms with Gasteiger partial charge in [-0.05, 0) is 49.9 Å². The largest absolute Gasteiger partial charge is 0.416 e. The van der Waals surface area contributed by atoms with E-state index in [0.29, 0.717) is 23.6 Å². The average molecular weight is 419 g/mol. The van der Waals surface area contributed by atoms with Crippen LogP contribution in [0.1, 0.15) is 54.6 Å². The predicted octanol–water partition coefficient (Wildman–Crippen LogP) is 4.21. The molecule has 160 valence electrons. The average Bonchev–Trinajstić information content (AvgIpc) is 3.02. The molecule has 0 saturated heterocycles. The molecule has 1 aromatic carbocycles. The van der Waals surface area contributed by atoms with Gasteiger partial charge in [0.1, 0.15) is 0 Å². The van der Waals surface area contributed by atoms with Crippen molar-refractivity contribution in [3.63, 3.8) is 0 Å². The van der Waals surface area contributed by atoms with E-state index in [1.54, 1.807) is 10.6 Å². The van der Waals surface area contributed by atoms with Gasteiger partial charge in [0.05, 0.1) is 18.0 Å². The van der Waals surface area contributed by atoms with Crippen LogP contribution in [0.2, 0.25) is 0 Å². The highest BCUT2D eigenvalue weighted by Crippen LogP contribution is 2.32. The monoisotopic (exact) mass is 419 g/mol. The lowest BCUT2D eigenvalue weighted by molar-refractivity contribution is -0.137. The lowest BCUT2D eigenvalue weighted by Gasteiger charge is -2.22. The maximum absolute atomic E-state index is 13.1. The van der Waals surface area contributed by atoms with Crippen molar-refractivity contribution >= 4 is 11.7 Å². The highest BCUT2D eigenvalue weighted by Gasteiger charge is 2.31. The number of hydrogen-bond acceptors (Lipinski definition) is 4. The molecule has 3 aromatic rings. The molecule has 0 aliphatic rings. The second kappa shape index (κ2) is 8.41. The summed E-state index contributed by atoms with van der Waals surface area (Å²) in [6.07, 6.45) is -4.02. The van der Waals surface area contributed by atoms with Gasteiger partial charge in [0.2, 0.25) is 5.91 Å². The molecule has 30 heavy (non-hydrogen) atoms. The Kier molecular flexibility index (Phi) is 6.09. The van der Waals surface area contributed by atoms with Gasteiger partial charge in [0, 0.05) is 11.4 Å². The van der Waals surface area contributed by atoms with Crippen molar-refractivity contribution in [3.05, 3.63) is 58.7 Å². The van der Waals surface area contributed by atoms with E-state index in [0.717, 1.165) is 23.5 Å². The molecule has 0 aliphatic carbocycles. The SMILES string of the molecule is Cc1cc(C)n2nc(CC(=O)NC(CC(C)C)c3cccc(C(F)(F)F)c3)nc2n1. The van der Waals surface area contributed by atoms with Gasteiger partial charge in [0.15, 0.2) is 5.82 Å². The zero-order valence-electron chi connectivity index (χ0n) is 17.3. The Morgan fingerprint density at radius 2 is 1.90 bits per heavy atom. The first-order chi connectivity index (χ1) is 14.0. The Morgan fingerprint density at radius 3 is 2.57 bits per heavy atom. The summed E-state index contributed by atoms with van der Waals surface area (Å²) < 4.78 is 40.8. The second-order valence-corrected chi connectivity index (χ2v) is 7.83. The first-order valence-corrected chi connectivity index (χ1v) is 9.69. The first-order valence-electron chi connectivity index (χ1n) is 9.69. The topological polar surface area (TPSA) is 72.2 Å². The van der Waals surface area contributed by atoms with Crippen LogP contribution in [0.3, 0.4) is 0 Å². The summed E-state index contributed by atoms with van der Waals surface area (Å²) in [5, 5.41) is 7.16. The number of aryl methyl sites for hydroxylation is 2. The molecular weight excluding hydrogens is 395 g/mol. The van der Waals surface area contributed by atoms with Gasteiger partial charge in [0.25, 0.3) is 5.78 Å². The Balaban J connectivity index is 1.80. The number of nitrogens with one attached hydrogen (secondary N) is 1. The molecule has 2 heterocycles. The molecule has 1 N–H and O–H groups in total. The fraction of sp³-hybridized carbons (Fsp3) is 0.429. The van der Waals surface area contributed by atoms with Crippen LogP contribution in [0, 0.1) is 19.8 Å². The third-order valence-corrected chi connectivity index (χ3v) is 4.64. The Morgan fingerprint density at radius 1 is 1.17 bits per heavy atom. The van der Waals surface area contributed by atoms with E-state index >= 15 is 0 Å². The van der Waals surface area contributed by atoms with Crippen LogP contribution in [-0.2, 0) is 17.4 Å². The maximum Gasteiger partial charge on any atom is 0.416 e. The summed E-state index contributed by atoms with van der Waals surface area (Å²) in [6.45, 7) is 7.62. The number of amides is 1. The third kappa shape index (κ3) is 5.14. The van der Waals surface area contributed by atoms with Crippen molar-refractivity contribution in [1.82, 2.24) is 24.9 Å². The van der Waals surface area contributed by atoms with Gasteiger partial charge in [-0.25, -0.2) is 9.50 Å². The molecule has 1 amide bonds. The molecule has 1 unspecified atom stereocenters. The molecule has 3 rings (SSSR count). The van der Waals surface area contributed by atoms with E-state index in [1.807, 2.05) is 33.8 Å². The smallest absolute Gasteiger partial charge is 0.349 e. The minimum atomic E-state index is -4.44. The fourth-order valence-electron chi connectivity index (χ4n) is 3.35. The van der Waals surface area contributed by atoms with E-state index in [9.17, 15) is 18.0 Å². The minimum absolute atomic E-state index is 0.0879. The molecule has 2 aromatic heterocycles. The van der Waals surface area contributed by atoms with Crippen LogP contribution in [0.15, 0.2) is 30.3 Å². The molecule has 0 fully saturated rings. The molecule has 9 heteroatoms. The summed E-state index contributed by atoms with van der Waals surface area (Å²) in [6, 6.07) is 6.39. The van der Waals surface area contributed by atoms with E-state index in [4.69, 9.17) is 0 Å². The van der Waals surface area contributed by atoms with Crippen molar-refractivity contribution in [1.29, 1.82) is 0 Å². The van der Waals surface area contributed by atoms with Crippen molar-refractivity contribution in [2.75, 3.05) is 0 Å². The molecule has 1 atom stereocenters. The Bertz CT molecular complexity index is 1060. The van der Waals surface area contributed by atoms with Crippen LogP contribution < -0.4 is 5.32 Å². The molecule has 0 spiro atoms. The lowest BCUT2D eigenvalue weighted by Crippen LogP contribution is -2.31. The fourth-order valence-corrected chi connectivity index (χ4v) is 3.35. The predicted molar refractivity (Wildman–Crippen MR) is 106 cm³/mol. The van der Waals surface area contributed by atoms with Gasteiger partial charge < -0.3 is 5.32 Å². The van der Waals surface area contributed by atoms with Crippen LogP contribution >= 0.6 is 0 Å². The number of hydrogen-bond donors (Lipinski definition) is 1. The van der Waals surface area contributed by atoms with Gasteiger partial charge >= 0.3 is 6.18 Å². The summed E-state index contributed by atoms with van der Waals surface area (Å²) in [4.78, 5) is 21.2. The van der Waals surface area contributed by atoms with Crippen molar-refractivity contribution in [2.24, 2.45) is 5.92 Å². The van der Waals surface area contributed by atoms with Crippen molar-refractivity contribution in [2.45, 2.75) is 52.8 Å². The van der Waals surface area contributed by atoms with E-state index < -0.39 is 17.8 Å². The molecule has 0 radical (unpaired) electrons. The van der Waals surface area contributed by atoms with E-state index in [1.165, 1.54) is 6.07 Å². The number of benzene rings is 1. The maximum atomic E-state index is 13.1. The Hall–Kier alpha value is -2.97. The van der Waals surface area contributed by atoms with Crippen molar-refractivity contribution in [3.8, 4) is 0 Å². The highest BCUT2D eigenvalue weighted by atomic mass is 19.4. The van der Waals surface area contributed by atoms with Crippen LogP contribution in [0.4, 0.5) is 13.2 Å². The zero-order valence-corrected chi connectivity index (χ0v) is 17.3. The number of alkyl halides is 3. The number of rotatable bonds is 6. The zero-order chi connectivity index (χ0) is 22.1. The van der Waals surface area contributed by atoms with Gasteiger partial charge in [-0.15, -0.1) is 5.10 Å². The number of aromatic nitrogens is 4. The summed E-state index contributed by atoms with van der Waals surface area (Å²) in [5.74, 6) is 0.532. The van der Waals surface area contributed by atoms with Gasteiger partial charge in [-0.2, -0.15) is 18.2 Å². The molecule has 0 saturated carbocycles. The van der Waals surface area contributed by atoms with E-state index in [2.05, 4.69) is 20.4 Å². The second-order valence-electron chi connectivity index (χ2n) is 7.83. The Labute approximate surface area is 172 Å². The summed E-state index contributed by atoms with van der Waals surface area (Å²) in [5.41, 5.74) is 1.33. The van der Waals surface area contributed by atoms with Crippen LogP contribution in [-0.4, -0.2) is 25.5 Å².